The van der Waals surface area contributed by atoms with Crippen molar-refractivity contribution in [3.63, 3.8) is 0 Å². The molecule has 23 heavy (non-hydrogen) atoms. The Kier molecular flexibility index (Phi) is 11.6. The third kappa shape index (κ3) is 8.82. The van der Waals surface area contributed by atoms with Crippen molar-refractivity contribution < 1.29 is 8.61 Å². The standard InChI is InChI=1S/C19H34O2SSi/c1-4-7-16-23(17-8-5-2,20-14-6-3)18-15-22-21-19-12-10-9-11-13-19/h9-13H,4-8,14-18H2,1-3H3. The molecule has 0 amide bonds. The highest BCUT2D eigenvalue weighted by Gasteiger charge is 2.33. The van der Waals surface area contributed by atoms with E-state index in [-0.39, 0.29) is 0 Å². The van der Waals surface area contributed by atoms with Crippen molar-refractivity contribution in [2.24, 2.45) is 0 Å². The Morgan fingerprint density at radius 3 is 2.09 bits per heavy atom. The van der Waals surface area contributed by atoms with E-state index in [2.05, 4.69) is 20.8 Å². The van der Waals surface area contributed by atoms with Crippen LogP contribution in [-0.2, 0) is 4.43 Å². The van der Waals surface area contributed by atoms with Gasteiger partial charge >= 0.3 is 0 Å². The lowest BCUT2D eigenvalue weighted by Gasteiger charge is -2.31. The molecule has 0 fully saturated rings. The lowest BCUT2D eigenvalue weighted by atomic mass is 10.3. The summed E-state index contributed by atoms with van der Waals surface area (Å²) >= 11 is 1.59. The van der Waals surface area contributed by atoms with Gasteiger partial charge in [0.15, 0.2) is 8.32 Å². The van der Waals surface area contributed by atoms with Crippen molar-refractivity contribution in [3.05, 3.63) is 30.3 Å². The van der Waals surface area contributed by atoms with E-state index in [0.29, 0.717) is 0 Å². The maximum Gasteiger partial charge on any atom is 0.193 e. The molecular weight excluding hydrogens is 320 g/mol. The maximum atomic E-state index is 6.51. The largest absolute Gasteiger partial charge is 0.426 e. The summed E-state index contributed by atoms with van der Waals surface area (Å²) < 4.78 is 12.3. The predicted molar refractivity (Wildman–Crippen MR) is 106 cm³/mol. The van der Waals surface area contributed by atoms with Crippen LogP contribution in [0.25, 0.3) is 0 Å². The molecule has 132 valence electrons. The summed E-state index contributed by atoms with van der Waals surface area (Å²) in [5.41, 5.74) is 0. The van der Waals surface area contributed by atoms with Crippen molar-refractivity contribution >= 4 is 20.4 Å². The van der Waals surface area contributed by atoms with Gasteiger partial charge in [0.05, 0.1) is 12.0 Å². The van der Waals surface area contributed by atoms with E-state index in [4.69, 9.17) is 8.61 Å². The Hall–Kier alpha value is -0.453. The molecule has 0 atom stereocenters. The zero-order chi connectivity index (χ0) is 16.8. The summed E-state index contributed by atoms with van der Waals surface area (Å²) in [7, 11) is -1.60. The van der Waals surface area contributed by atoms with Crippen LogP contribution >= 0.6 is 12.0 Å². The van der Waals surface area contributed by atoms with Gasteiger partial charge in [0.25, 0.3) is 0 Å². The van der Waals surface area contributed by atoms with Gasteiger partial charge in [-0.3, -0.25) is 0 Å². The van der Waals surface area contributed by atoms with Gasteiger partial charge in [-0.05, 0) is 36.7 Å². The molecule has 0 N–H and O–H groups in total. The molecule has 0 bridgehead atoms. The number of unbranched alkanes of at least 4 members (excludes halogenated alkanes) is 2. The second-order valence-corrected chi connectivity index (χ2v) is 11.2. The number of rotatable bonds is 14. The molecule has 0 aromatic heterocycles. The summed E-state index contributed by atoms with van der Waals surface area (Å²) in [6, 6.07) is 13.9. The van der Waals surface area contributed by atoms with E-state index in [1.807, 2.05) is 30.3 Å². The van der Waals surface area contributed by atoms with Gasteiger partial charge in [0, 0.05) is 12.4 Å². The highest BCUT2D eigenvalue weighted by atomic mass is 32.2. The van der Waals surface area contributed by atoms with E-state index >= 15 is 0 Å². The van der Waals surface area contributed by atoms with Crippen molar-refractivity contribution in [3.8, 4) is 5.75 Å². The van der Waals surface area contributed by atoms with E-state index in [0.717, 1.165) is 24.5 Å². The fourth-order valence-corrected chi connectivity index (χ4v) is 8.69. The molecule has 0 aliphatic heterocycles. The van der Waals surface area contributed by atoms with Crippen LogP contribution in [0.15, 0.2) is 30.3 Å². The maximum absolute atomic E-state index is 6.51. The van der Waals surface area contributed by atoms with Crippen LogP contribution in [0.4, 0.5) is 0 Å². The molecule has 0 spiro atoms. The van der Waals surface area contributed by atoms with Crippen LogP contribution in [-0.4, -0.2) is 20.7 Å². The van der Waals surface area contributed by atoms with Gasteiger partial charge in [-0.1, -0.05) is 64.7 Å². The first-order chi connectivity index (χ1) is 11.3. The van der Waals surface area contributed by atoms with E-state index in [1.54, 1.807) is 12.0 Å². The Labute approximate surface area is 148 Å². The van der Waals surface area contributed by atoms with Gasteiger partial charge < -0.3 is 8.61 Å². The molecule has 1 aromatic carbocycles. The first-order valence-corrected chi connectivity index (χ1v) is 12.7. The highest BCUT2D eigenvalue weighted by molar-refractivity contribution is 7.95. The van der Waals surface area contributed by atoms with Gasteiger partial charge in [0.2, 0.25) is 0 Å². The zero-order valence-electron chi connectivity index (χ0n) is 15.2. The van der Waals surface area contributed by atoms with Gasteiger partial charge in [-0.15, -0.1) is 0 Å². The van der Waals surface area contributed by atoms with Crippen LogP contribution in [0.3, 0.4) is 0 Å². The summed E-state index contributed by atoms with van der Waals surface area (Å²) in [5.74, 6) is 1.99. The second kappa shape index (κ2) is 12.9. The molecular formula is C19H34O2SSi. The molecule has 1 rings (SSSR count). The van der Waals surface area contributed by atoms with E-state index < -0.39 is 8.32 Å². The molecule has 0 saturated carbocycles. The fraction of sp³-hybridized carbons (Fsp3) is 0.684. The summed E-state index contributed by atoms with van der Waals surface area (Å²) in [6.07, 6.45) is 6.28. The van der Waals surface area contributed by atoms with Crippen LogP contribution in [0.1, 0.15) is 52.9 Å². The summed E-state index contributed by atoms with van der Waals surface area (Å²) in [6.45, 7) is 7.72. The van der Waals surface area contributed by atoms with Crippen molar-refractivity contribution in [2.45, 2.75) is 71.0 Å². The fourth-order valence-electron chi connectivity index (χ4n) is 2.72. The first kappa shape index (κ1) is 20.6. The predicted octanol–water partition coefficient (Wildman–Crippen LogP) is 6.69. The minimum Gasteiger partial charge on any atom is -0.426 e. The normalized spacial score (nSPS) is 11.6. The Morgan fingerprint density at radius 1 is 0.870 bits per heavy atom. The molecule has 0 aliphatic carbocycles. The second-order valence-electron chi connectivity index (χ2n) is 6.21. The topological polar surface area (TPSA) is 18.5 Å². The molecule has 0 aliphatic rings. The minimum atomic E-state index is -1.60. The lowest BCUT2D eigenvalue weighted by Crippen LogP contribution is -2.39. The van der Waals surface area contributed by atoms with Gasteiger partial charge in [-0.25, -0.2) is 0 Å². The van der Waals surface area contributed by atoms with E-state index in [1.165, 1.54) is 43.8 Å². The van der Waals surface area contributed by atoms with Crippen molar-refractivity contribution in [1.29, 1.82) is 0 Å². The van der Waals surface area contributed by atoms with Crippen LogP contribution in [0, 0.1) is 0 Å². The van der Waals surface area contributed by atoms with E-state index in [9.17, 15) is 0 Å². The monoisotopic (exact) mass is 354 g/mol. The SMILES string of the molecule is CCCC[Si](CCCC)(CCSOc1ccccc1)OCCC. The van der Waals surface area contributed by atoms with Gasteiger partial charge in [0.1, 0.15) is 5.75 Å². The van der Waals surface area contributed by atoms with Crippen LogP contribution in [0.5, 0.6) is 5.75 Å². The Balaban J connectivity index is 2.50. The quantitative estimate of drug-likeness (QED) is 0.211. The molecule has 1 aromatic rings. The Bertz CT molecular complexity index is 364. The number of para-hydroxylation sites is 1. The number of hydrogen-bond acceptors (Lipinski definition) is 3. The number of benzene rings is 1. The smallest absolute Gasteiger partial charge is 0.193 e. The Morgan fingerprint density at radius 2 is 1.52 bits per heavy atom. The third-order valence-corrected chi connectivity index (χ3v) is 9.67. The average molecular weight is 355 g/mol. The molecule has 0 radical (unpaired) electrons. The molecule has 0 heterocycles. The molecule has 0 saturated heterocycles. The summed E-state index contributed by atoms with van der Waals surface area (Å²) in [5, 5.41) is 0. The van der Waals surface area contributed by atoms with Crippen molar-refractivity contribution in [1.82, 2.24) is 0 Å². The zero-order valence-corrected chi connectivity index (χ0v) is 17.0. The highest BCUT2D eigenvalue weighted by Crippen LogP contribution is 2.30. The minimum absolute atomic E-state index is 0.934. The molecule has 4 heteroatoms. The van der Waals surface area contributed by atoms with Crippen LogP contribution in [0.2, 0.25) is 18.1 Å². The van der Waals surface area contributed by atoms with Gasteiger partial charge in [-0.2, -0.15) is 0 Å². The molecule has 0 unspecified atom stereocenters. The first-order valence-electron chi connectivity index (χ1n) is 9.24. The van der Waals surface area contributed by atoms with Crippen LogP contribution < -0.4 is 4.18 Å². The lowest BCUT2D eigenvalue weighted by molar-refractivity contribution is 0.295. The average Bonchev–Trinajstić information content (AvgIpc) is 2.60. The van der Waals surface area contributed by atoms with Crippen molar-refractivity contribution in [2.75, 3.05) is 12.4 Å². The summed E-state index contributed by atoms with van der Waals surface area (Å²) in [4.78, 5) is 0. The number of hydrogen-bond donors (Lipinski definition) is 0. The third-order valence-electron chi connectivity index (χ3n) is 4.12. The molecule has 2 nitrogen and oxygen atoms in total.